The quantitative estimate of drug-likeness (QED) is 0.527. The molecule has 0 bridgehead atoms. The van der Waals surface area contributed by atoms with Crippen LogP contribution in [-0.4, -0.2) is 37.9 Å². The number of anilines is 1. The molecule has 2 aromatic carbocycles. The molecule has 0 fully saturated rings. The van der Waals surface area contributed by atoms with E-state index in [2.05, 4.69) is 0 Å². The molecule has 0 saturated carbocycles. The third kappa shape index (κ3) is 5.99. The van der Waals surface area contributed by atoms with Crippen molar-refractivity contribution in [2.24, 2.45) is 0 Å². The zero-order chi connectivity index (χ0) is 20.7. The summed E-state index contributed by atoms with van der Waals surface area (Å²) in [6, 6.07) is 10.2. The van der Waals surface area contributed by atoms with Gasteiger partial charge in [0.05, 0.1) is 13.5 Å². The maximum absolute atomic E-state index is 12.0. The summed E-state index contributed by atoms with van der Waals surface area (Å²) in [6.45, 7) is 0. The van der Waals surface area contributed by atoms with Crippen molar-refractivity contribution >= 4 is 41.0 Å². The van der Waals surface area contributed by atoms with Gasteiger partial charge in [-0.2, -0.15) is 0 Å². The Hall–Kier alpha value is -3.05. The van der Waals surface area contributed by atoms with Crippen LogP contribution in [0.4, 0.5) is 5.69 Å². The fourth-order valence-corrected chi connectivity index (χ4v) is 2.63. The largest absolute Gasteiger partial charge is 0.504 e. The second-order valence-corrected chi connectivity index (χ2v) is 6.71. The molecule has 2 rings (SSSR count). The molecular formula is C22H22ClNO4. The number of hydrogen-bond acceptors (Lipinski definition) is 5. The number of ketones is 2. The number of ether oxygens (including phenoxy) is 1. The van der Waals surface area contributed by atoms with E-state index in [1.165, 1.54) is 25.3 Å². The first kappa shape index (κ1) is 21.3. The van der Waals surface area contributed by atoms with Gasteiger partial charge in [-0.15, -0.1) is 0 Å². The Morgan fingerprint density at radius 3 is 2.36 bits per heavy atom. The van der Waals surface area contributed by atoms with E-state index in [0.717, 1.165) is 5.69 Å². The van der Waals surface area contributed by atoms with Gasteiger partial charge in [0.25, 0.3) is 0 Å². The van der Waals surface area contributed by atoms with Gasteiger partial charge in [-0.25, -0.2) is 0 Å². The van der Waals surface area contributed by atoms with Gasteiger partial charge in [0, 0.05) is 24.8 Å². The summed E-state index contributed by atoms with van der Waals surface area (Å²) in [5.41, 5.74) is 2.35. The molecule has 146 valence electrons. The molecule has 0 heterocycles. The molecule has 0 atom stereocenters. The number of halogens is 1. The van der Waals surface area contributed by atoms with Gasteiger partial charge in [-0.1, -0.05) is 29.8 Å². The lowest BCUT2D eigenvalue weighted by molar-refractivity contribution is -0.121. The number of nitrogens with zero attached hydrogens (tertiary/aromatic N) is 1. The average molecular weight is 400 g/mol. The number of phenols is 1. The van der Waals surface area contributed by atoms with Gasteiger partial charge < -0.3 is 14.7 Å². The predicted octanol–water partition coefficient (Wildman–Crippen LogP) is 4.38. The van der Waals surface area contributed by atoms with Crippen molar-refractivity contribution in [2.75, 3.05) is 26.1 Å². The van der Waals surface area contributed by atoms with Crippen molar-refractivity contribution in [1.82, 2.24) is 0 Å². The molecule has 0 aliphatic rings. The Morgan fingerprint density at radius 2 is 1.75 bits per heavy atom. The standard InChI is InChI=1S/C22H22ClNO4/c1-24(2)17-8-6-16(20(23)13-17)7-10-19(26)14-18(25)9-4-15-5-11-21(27)22(12-15)28-3/h4-13,27H,14H2,1-3H3. The normalized spacial score (nSPS) is 11.1. The van der Waals surface area contributed by atoms with Crippen LogP contribution in [0, 0.1) is 0 Å². The molecular weight excluding hydrogens is 378 g/mol. The summed E-state index contributed by atoms with van der Waals surface area (Å²) < 4.78 is 5.02. The van der Waals surface area contributed by atoms with E-state index >= 15 is 0 Å². The molecule has 5 nitrogen and oxygen atoms in total. The summed E-state index contributed by atoms with van der Waals surface area (Å²) in [4.78, 5) is 25.9. The van der Waals surface area contributed by atoms with Gasteiger partial charge in [0.15, 0.2) is 23.1 Å². The van der Waals surface area contributed by atoms with Crippen LogP contribution in [0.2, 0.25) is 5.02 Å². The average Bonchev–Trinajstić information content (AvgIpc) is 2.66. The second-order valence-electron chi connectivity index (χ2n) is 6.31. The van der Waals surface area contributed by atoms with E-state index in [1.807, 2.05) is 37.2 Å². The number of benzene rings is 2. The SMILES string of the molecule is COc1cc(C=CC(=O)CC(=O)C=Cc2ccc(N(C)C)cc2Cl)ccc1O. The molecule has 0 aliphatic carbocycles. The lowest BCUT2D eigenvalue weighted by Gasteiger charge is -2.13. The van der Waals surface area contributed by atoms with Gasteiger partial charge >= 0.3 is 0 Å². The van der Waals surface area contributed by atoms with Gasteiger partial charge in [-0.3, -0.25) is 9.59 Å². The third-order valence-electron chi connectivity index (χ3n) is 3.96. The van der Waals surface area contributed by atoms with Crippen LogP contribution in [0.25, 0.3) is 12.2 Å². The highest BCUT2D eigenvalue weighted by molar-refractivity contribution is 6.32. The number of carbonyl (C=O) groups is 2. The van der Waals surface area contributed by atoms with Gasteiger partial charge in [-0.05, 0) is 53.6 Å². The van der Waals surface area contributed by atoms with Crippen LogP contribution in [0.1, 0.15) is 17.5 Å². The van der Waals surface area contributed by atoms with Crippen LogP contribution in [0.5, 0.6) is 11.5 Å². The highest BCUT2D eigenvalue weighted by Gasteiger charge is 2.06. The van der Waals surface area contributed by atoms with E-state index in [9.17, 15) is 14.7 Å². The molecule has 6 heteroatoms. The lowest BCUT2D eigenvalue weighted by atomic mass is 10.1. The number of aromatic hydroxyl groups is 1. The second kappa shape index (κ2) is 9.76. The summed E-state index contributed by atoms with van der Waals surface area (Å²) in [6.07, 6.45) is 5.61. The number of methoxy groups -OCH3 is 1. The Balaban J connectivity index is 1.97. The van der Waals surface area contributed by atoms with Crippen LogP contribution in [0.3, 0.4) is 0 Å². The molecule has 0 radical (unpaired) electrons. The van der Waals surface area contributed by atoms with Crippen molar-refractivity contribution in [1.29, 1.82) is 0 Å². The summed E-state index contributed by atoms with van der Waals surface area (Å²) in [5, 5.41) is 10.1. The lowest BCUT2D eigenvalue weighted by Crippen LogP contribution is -2.08. The monoisotopic (exact) mass is 399 g/mol. The van der Waals surface area contributed by atoms with Crippen LogP contribution >= 0.6 is 11.6 Å². The van der Waals surface area contributed by atoms with Crippen molar-refractivity contribution < 1.29 is 19.4 Å². The molecule has 0 spiro atoms. The highest BCUT2D eigenvalue weighted by atomic mass is 35.5. The smallest absolute Gasteiger partial charge is 0.163 e. The zero-order valence-corrected chi connectivity index (χ0v) is 16.7. The van der Waals surface area contributed by atoms with E-state index in [1.54, 1.807) is 24.3 Å². The number of carbonyl (C=O) groups excluding carboxylic acids is 2. The van der Waals surface area contributed by atoms with Crippen molar-refractivity contribution in [2.45, 2.75) is 6.42 Å². The molecule has 0 saturated heterocycles. The fourth-order valence-electron chi connectivity index (χ4n) is 2.39. The van der Waals surface area contributed by atoms with E-state index < -0.39 is 0 Å². The maximum atomic E-state index is 12.0. The number of rotatable bonds is 8. The number of allylic oxidation sites excluding steroid dienone is 2. The van der Waals surface area contributed by atoms with E-state index in [-0.39, 0.29) is 23.7 Å². The Morgan fingerprint density at radius 1 is 1.07 bits per heavy atom. The first-order valence-electron chi connectivity index (χ1n) is 8.56. The predicted molar refractivity (Wildman–Crippen MR) is 113 cm³/mol. The molecule has 0 unspecified atom stereocenters. The molecule has 0 aromatic heterocycles. The zero-order valence-electron chi connectivity index (χ0n) is 16.0. The Labute approximate surface area is 169 Å². The number of hydrogen-bond donors (Lipinski definition) is 1. The van der Waals surface area contributed by atoms with Gasteiger partial charge in [0.2, 0.25) is 0 Å². The first-order chi connectivity index (χ1) is 13.3. The highest BCUT2D eigenvalue weighted by Crippen LogP contribution is 2.27. The molecule has 0 aliphatic heterocycles. The first-order valence-corrected chi connectivity index (χ1v) is 8.93. The summed E-state index contributed by atoms with van der Waals surface area (Å²) in [7, 11) is 5.27. The van der Waals surface area contributed by atoms with Gasteiger partial charge in [0.1, 0.15) is 0 Å². The van der Waals surface area contributed by atoms with E-state index in [4.69, 9.17) is 16.3 Å². The minimum absolute atomic E-state index is 0.0172. The minimum atomic E-state index is -0.323. The van der Waals surface area contributed by atoms with Crippen molar-refractivity contribution in [3.8, 4) is 11.5 Å². The van der Waals surface area contributed by atoms with E-state index in [0.29, 0.717) is 21.9 Å². The third-order valence-corrected chi connectivity index (χ3v) is 4.29. The fraction of sp³-hybridized carbons (Fsp3) is 0.182. The Bertz CT molecular complexity index is 932. The van der Waals surface area contributed by atoms with Crippen LogP contribution in [0.15, 0.2) is 48.6 Å². The maximum Gasteiger partial charge on any atom is 0.163 e. The minimum Gasteiger partial charge on any atom is -0.504 e. The van der Waals surface area contributed by atoms with Crippen LogP contribution in [-0.2, 0) is 9.59 Å². The molecule has 28 heavy (non-hydrogen) atoms. The summed E-state index contributed by atoms with van der Waals surface area (Å²) in [5.74, 6) is -0.309. The van der Waals surface area contributed by atoms with Crippen molar-refractivity contribution in [3.63, 3.8) is 0 Å². The molecule has 0 amide bonds. The molecule has 1 N–H and O–H groups in total. The van der Waals surface area contributed by atoms with Crippen molar-refractivity contribution in [3.05, 3.63) is 64.7 Å². The van der Waals surface area contributed by atoms with Crippen LogP contribution < -0.4 is 9.64 Å². The Kier molecular flexibility index (Phi) is 7.41. The topological polar surface area (TPSA) is 66.8 Å². The number of phenolic OH excluding ortho intramolecular Hbond substituents is 1. The molecule has 2 aromatic rings. The summed E-state index contributed by atoms with van der Waals surface area (Å²) >= 11 is 6.22.